The zero-order valence-corrected chi connectivity index (χ0v) is 13.2. The highest BCUT2D eigenvalue weighted by molar-refractivity contribution is 5.83. The van der Waals surface area contributed by atoms with E-state index in [2.05, 4.69) is 0 Å². The molecule has 0 aliphatic carbocycles. The fourth-order valence-corrected chi connectivity index (χ4v) is 2.14. The Bertz CT molecular complexity index is 499. The Morgan fingerprint density at radius 1 is 1.48 bits per heavy atom. The molecule has 0 N–H and O–H groups in total. The first-order valence-corrected chi connectivity index (χ1v) is 6.88. The van der Waals surface area contributed by atoms with Gasteiger partial charge in [-0.25, -0.2) is 4.79 Å². The molecule has 1 fully saturated rings. The molecule has 1 rings (SSSR count). The van der Waals surface area contributed by atoms with E-state index >= 15 is 0 Å². The average molecular weight is 294 g/mol. The van der Waals surface area contributed by atoms with Crippen molar-refractivity contribution in [2.45, 2.75) is 40.2 Å². The third-order valence-corrected chi connectivity index (χ3v) is 3.19. The molecule has 1 aliphatic rings. The Labute approximate surface area is 125 Å². The van der Waals surface area contributed by atoms with Gasteiger partial charge in [0, 0.05) is 19.2 Å². The summed E-state index contributed by atoms with van der Waals surface area (Å²) in [4.78, 5) is 25.7. The Kier molecular flexibility index (Phi) is 5.00. The predicted molar refractivity (Wildman–Crippen MR) is 76.2 cm³/mol. The lowest BCUT2D eigenvalue weighted by molar-refractivity contribution is -0.151. The summed E-state index contributed by atoms with van der Waals surface area (Å²) in [6.07, 6.45) is 0.806. The second-order valence-electron chi connectivity index (χ2n) is 6.19. The lowest BCUT2D eigenvalue weighted by Crippen LogP contribution is -2.39. The van der Waals surface area contributed by atoms with Crippen LogP contribution >= 0.6 is 0 Å². The smallest absolute Gasteiger partial charge is 0.410 e. The maximum atomic E-state index is 12.2. The van der Waals surface area contributed by atoms with Crippen molar-refractivity contribution in [1.82, 2.24) is 4.90 Å². The minimum atomic E-state index is -0.997. The molecular weight excluding hydrogens is 272 g/mol. The molecular formula is C15H22N2O4. The molecule has 0 bridgehead atoms. The quantitative estimate of drug-likeness (QED) is 0.576. The van der Waals surface area contributed by atoms with E-state index in [1.165, 1.54) is 11.0 Å². The van der Waals surface area contributed by atoms with Gasteiger partial charge in [-0.3, -0.25) is 4.79 Å². The molecule has 0 spiro atoms. The fourth-order valence-electron chi connectivity index (χ4n) is 2.14. The van der Waals surface area contributed by atoms with Gasteiger partial charge >= 0.3 is 12.1 Å². The van der Waals surface area contributed by atoms with Crippen molar-refractivity contribution in [2.24, 2.45) is 5.41 Å². The van der Waals surface area contributed by atoms with Gasteiger partial charge in [0.1, 0.15) is 11.0 Å². The molecule has 0 aromatic heterocycles. The van der Waals surface area contributed by atoms with Crippen molar-refractivity contribution in [3.8, 4) is 6.07 Å². The number of carbonyl (C=O) groups excluding carboxylic acids is 2. The van der Waals surface area contributed by atoms with Crippen LogP contribution in [0.25, 0.3) is 0 Å². The monoisotopic (exact) mass is 294 g/mol. The molecule has 0 saturated carbocycles. The number of hydrogen-bond acceptors (Lipinski definition) is 5. The van der Waals surface area contributed by atoms with E-state index < -0.39 is 23.1 Å². The molecule has 0 radical (unpaired) electrons. The molecule has 0 unspecified atom stereocenters. The molecule has 6 nitrogen and oxygen atoms in total. The van der Waals surface area contributed by atoms with Crippen LogP contribution in [0.15, 0.2) is 11.6 Å². The zero-order valence-electron chi connectivity index (χ0n) is 13.2. The van der Waals surface area contributed by atoms with E-state index in [-0.39, 0.29) is 19.7 Å². The first-order valence-electron chi connectivity index (χ1n) is 6.88. The number of carbonyl (C=O) groups is 2. The summed E-state index contributed by atoms with van der Waals surface area (Å²) in [5.74, 6) is -0.433. The summed E-state index contributed by atoms with van der Waals surface area (Å²) in [7, 11) is 0. The van der Waals surface area contributed by atoms with E-state index in [0.717, 1.165) is 0 Å². The summed E-state index contributed by atoms with van der Waals surface area (Å²) >= 11 is 0. The molecule has 116 valence electrons. The first-order chi connectivity index (χ1) is 9.64. The lowest BCUT2D eigenvalue weighted by atomic mass is 9.85. The highest BCUT2D eigenvalue weighted by Crippen LogP contribution is 2.37. The molecule has 1 amide bonds. The van der Waals surface area contributed by atoms with Crippen molar-refractivity contribution >= 4 is 12.1 Å². The number of ether oxygens (including phenoxy) is 2. The molecule has 0 aromatic carbocycles. The second-order valence-corrected chi connectivity index (χ2v) is 6.19. The Morgan fingerprint density at radius 2 is 2.10 bits per heavy atom. The van der Waals surface area contributed by atoms with Crippen LogP contribution in [0.1, 0.15) is 34.6 Å². The van der Waals surface area contributed by atoms with Crippen LogP contribution in [0, 0.1) is 16.7 Å². The van der Waals surface area contributed by atoms with Crippen LogP contribution < -0.4 is 0 Å². The Balaban J connectivity index is 2.98. The van der Waals surface area contributed by atoms with Crippen LogP contribution in [-0.4, -0.2) is 42.3 Å². The molecule has 1 atom stereocenters. The lowest BCUT2D eigenvalue weighted by Gasteiger charge is -2.25. The highest BCUT2D eigenvalue weighted by atomic mass is 16.6. The van der Waals surface area contributed by atoms with Crippen molar-refractivity contribution in [3.63, 3.8) is 0 Å². The molecule has 1 aliphatic heterocycles. The van der Waals surface area contributed by atoms with Crippen LogP contribution in [0.4, 0.5) is 4.79 Å². The predicted octanol–water partition coefficient (Wildman–Crippen LogP) is 2.26. The van der Waals surface area contributed by atoms with Gasteiger partial charge < -0.3 is 14.4 Å². The highest BCUT2D eigenvalue weighted by Gasteiger charge is 2.48. The summed E-state index contributed by atoms with van der Waals surface area (Å²) in [5.41, 5.74) is -1.05. The Morgan fingerprint density at radius 3 is 2.57 bits per heavy atom. The van der Waals surface area contributed by atoms with Crippen molar-refractivity contribution in [1.29, 1.82) is 5.26 Å². The summed E-state index contributed by atoms with van der Waals surface area (Å²) in [6.45, 7) is 9.31. The normalized spacial score (nSPS) is 23.8. The number of hydrogen-bond donors (Lipinski definition) is 0. The van der Waals surface area contributed by atoms with Gasteiger partial charge in [-0.1, -0.05) is 0 Å². The number of amides is 1. The third-order valence-electron chi connectivity index (χ3n) is 3.19. The largest absolute Gasteiger partial charge is 0.465 e. The van der Waals surface area contributed by atoms with Crippen LogP contribution in [0.2, 0.25) is 0 Å². The van der Waals surface area contributed by atoms with Crippen LogP contribution in [0.5, 0.6) is 0 Å². The van der Waals surface area contributed by atoms with Crippen molar-refractivity contribution in [2.75, 3.05) is 19.7 Å². The van der Waals surface area contributed by atoms with Gasteiger partial charge in [-0.05, 0) is 40.2 Å². The number of esters is 1. The van der Waals surface area contributed by atoms with Gasteiger partial charge in [-0.15, -0.1) is 0 Å². The minimum absolute atomic E-state index is 0.147. The van der Waals surface area contributed by atoms with E-state index in [1.807, 2.05) is 6.07 Å². The van der Waals surface area contributed by atoms with Crippen LogP contribution in [-0.2, 0) is 14.3 Å². The number of allylic oxidation sites excluding steroid dienone is 1. The van der Waals surface area contributed by atoms with Gasteiger partial charge in [0.05, 0.1) is 12.7 Å². The summed E-state index contributed by atoms with van der Waals surface area (Å²) in [6, 6.07) is 1.92. The summed E-state index contributed by atoms with van der Waals surface area (Å²) in [5, 5.41) is 8.87. The first kappa shape index (κ1) is 17.0. The molecule has 21 heavy (non-hydrogen) atoms. The number of rotatable bonds is 2. The van der Waals surface area contributed by atoms with Gasteiger partial charge in [0.15, 0.2) is 0 Å². The third kappa shape index (κ3) is 3.97. The van der Waals surface area contributed by atoms with E-state index in [1.54, 1.807) is 34.6 Å². The maximum absolute atomic E-state index is 12.2. The second kappa shape index (κ2) is 6.17. The van der Waals surface area contributed by atoms with Gasteiger partial charge in [-0.2, -0.15) is 5.26 Å². The van der Waals surface area contributed by atoms with E-state index in [9.17, 15) is 9.59 Å². The van der Waals surface area contributed by atoms with Gasteiger partial charge in [0.25, 0.3) is 0 Å². The molecule has 6 heteroatoms. The number of likely N-dealkylation sites (tertiary alicyclic amines) is 1. The van der Waals surface area contributed by atoms with E-state index in [4.69, 9.17) is 14.7 Å². The minimum Gasteiger partial charge on any atom is -0.465 e. The Hall–Kier alpha value is -2.03. The number of nitrogens with zero attached hydrogens (tertiary/aromatic N) is 2. The average Bonchev–Trinajstić information content (AvgIpc) is 2.67. The molecule has 0 aromatic rings. The zero-order chi connectivity index (χ0) is 16.3. The van der Waals surface area contributed by atoms with E-state index in [0.29, 0.717) is 5.57 Å². The summed E-state index contributed by atoms with van der Waals surface area (Å²) < 4.78 is 10.4. The van der Waals surface area contributed by atoms with Crippen LogP contribution in [0.3, 0.4) is 0 Å². The van der Waals surface area contributed by atoms with Crippen molar-refractivity contribution < 1.29 is 19.1 Å². The standard InChI is InChI=1S/C15H22N2O4/c1-6-20-12(18)15(5)10-17(9-11(15)7-8-16)13(19)21-14(2,3)4/h7H,6,9-10H2,1-5H3/t15-/m1/s1. The molecule has 1 saturated heterocycles. The van der Waals surface area contributed by atoms with Gasteiger partial charge in [0.2, 0.25) is 0 Å². The SMILES string of the molecule is CCOC(=O)[C@]1(C)CN(C(=O)OC(C)(C)C)CC1=CC#N. The topological polar surface area (TPSA) is 79.6 Å². The number of nitriles is 1. The maximum Gasteiger partial charge on any atom is 0.410 e. The fraction of sp³-hybridized carbons (Fsp3) is 0.667. The molecule has 1 heterocycles. The van der Waals surface area contributed by atoms with Crippen molar-refractivity contribution in [3.05, 3.63) is 11.6 Å².